The molecule has 0 aromatic heterocycles. The Kier molecular flexibility index (Phi) is 19.6. The molecule has 0 bridgehead atoms. The standard InChI is InChI=1S/C64H76F3N4O6PS/c1-42(2)16-19-50-36-45(5)60(63(74)75)62(61(50)47-20-17-43(3)18-21-47)49-13-11-12-46(38-49)37-48-29-33-70(32-28-44(48)4)52-22-24-53(25-23-52)71-34-35-77-78(71,76)54-26-27-57(56(39-54)58(72)40-59(73)64(65,66)67)68-51(30-31-69(6)7)41-79-55-14-9-8-10-15-55/h8-15,17-18,20-27,38-39,42,44,48,50-51,68H,16,19,28-37,40-41H2,1-7H3,(H,74,75)/t44?,48?,50-,51+,78+/m0/s1. The Hall–Kier alpha value is -5.92. The van der Waals surface area contributed by atoms with Gasteiger partial charge in [0.15, 0.2) is 5.78 Å². The molecule has 8 rings (SSSR count). The number of carboxylic acids is 1. The minimum absolute atomic E-state index is 0.119. The summed E-state index contributed by atoms with van der Waals surface area (Å²) in [6, 6.07) is 39.1. The molecule has 2 unspecified atom stereocenters. The number of aryl methyl sites for hydroxylation is 1. The second-order valence-electron chi connectivity index (χ2n) is 22.5. The van der Waals surface area contributed by atoms with Gasteiger partial charge in [0.05, 0.1) is 30.5 Å². The predicted octanol–water partition coefficient (Wildman–Crippen LogP) is 14.4. The zero-order valence-corrected chi connectivity index (χ0v) is 48.4. The zero-order chi connectivity index (χ0) is 56.6. The van der Waals surface area contributed by atoms with Gasteiger partial charge in [-0.05, 0) is 174 Å². The molecule has 3 aliphatic rings. The van der Waals surface area contributed by atoms with Crippen LogP contribution >= 0.6 is 19.3 Å². The van der Waals surface area contributed by atoms with Crippen LogP contribution in [0.15, 0.2) is 137 Å². The topological polar surface area (TPSA) is 119 Å². The number of halogens is 3. The maximum atomic E-state index is 15.1. The van der Waals surface area contributed by atoms with Gasteiger partial charge in [-0.15, -0.1) is 11.8 Å². The number of thioether (sulfide) groups is 1. The number of anilines is 3. The van der Waals surface area contributed by atoms with E-state index in [1.54, 1.807) is 28.6 Å². The van der Waals surface area contributed by atoms with Gasteiger partial charge in [0, 0.05) is 58.0 Å². The number of alkyl halides is 3. The summed E-state index contributed by atoms with van der Waals surface area (Å²) in [6.45, 7) is 13.6. The summed E-state index contributed by atoms with van der Waals surface area (Å²) in [5.74, 6) is -1.97. The van der Waals surface area contributed by atoms with Crippen molar-refractivity contribution in [2.24, 2.45) is 23.7 Å². The van der Waals surface area contributed by atoms with Gasteiger partial charge in [-0.2, -0.15) is 13.2 Å². The number of ketones is 2. The van der Waals surface area contributed by atoms with Gasteiger partial charge in [-0.3, -0.25) is 18.8 Å². The number of nitrogens with zero attached hydrogens (tertiary/aromatic N) is 3. The van der Waals surface area contributed by atoms with Gasteiger partial charge < -0.3 is 24.7 Å². The fourth-order valence-corrected chi connectivity index (χ4v) is 14.6. The highest BCUT2D eigenvalue weighted by Gasteiger charge is 2.42. The van der Waals surface area contributed by atoms with Crippen molar-refractivity contribution in [3.05, 3.63) is 160 Å². The van der Waals surface area contributed by atoms with Crippen LogP contribution in [-0.2, 0) is 25.1 Å². The van der Waals surface area contributed by atoms with E-state index in [4.69, 9.17) is 4.52 Å². The summed E-state index contributed by atoms with van der Waals surface area (Å²) >= 11 is 1.61. The van der Waals surface area contributed by atoms with Crippen LogP contribution < -0.4 is 20.2 Å². The quantitative estimate of drug-likeness (QED) is 0.0298. The number of Topliss-reactive ketones (excluding diaryl/α,β-unsaturated/α-hetero) is 2. The molecule has 15 heteroatoms. The summed E-state index contributed by atoms with van der Waals surface area (Å²) < 4.78 is 63.6. The number of carbonyl (C=O) groups is 3. The Morgan fingerprint density at radius 2 is 1.56 bits per heavy atom. The third-order valence-electron chi connectivity index (χ3n) is 15.9. The Bertz CT molecular complexity index is 3070. The molecule has 2 aliphatic heterocycles. The number of nitrogens with one attached hydrogen (secondary N) is 1. The average molecular weight is 1120 g/mol. The van der Waals surface area contributed by atoms with Crippen molar-refractivity contribution in [2.45, 2.75) is 103 Å². The van der Waals surface area contributed by atoms with Crippen molar-refractivity contribution in [3.63, 3.8) is 0 Å². The molecule has 5 aromatic carbocycles. The lowest BCUT2D eigenvalue weighted by Gasteiger charge is -2.32. The van der Waals surface area contributed by atoms with E-state index < -0.39 is 37.7 Å². The molecular formula is C64H76F3N4O6PS. The molecule has 79 heavy (non-hydrogen) atoms. The van der Waals surface area contributed by atoms with Crippen molar-refractivity contribution in [1.82, 2.24) is 4.90 Å². The van der Waals surface area contributed by atoms with E-state index in [2.05, 4.69) is 86.4 Å². The third-order valence-corrected chi connectivity index (χ3v) is 19.6. The number of carboxylic acid groups (broad SMARTS) is 1. The van der Waals surface area contributed by atoms with E-state index in [1.807, 2.05) is 80.5 Å². The van der Waals surface area contributed by atoms with Crippen molar-refractivity contribution >= 4 is 70.3 Å². The summed E-state index contributed by atoms with van der Waals surface area (Å²) in [5, 5.41) is 14.3. The lowest BCUT2D eigenvalue weighted by molar-refractivity contribution is -0.170. The minimum Gasteiger partial charge on any atom is -0.478 e. The van der Waals surface area contributed by atoms with Crippen molar-refractivity contribution in [2.75, 3.05) is 67.5 Å². The van der Waals surface area contributed by atoms with Gasteiger partial charge in [-0.1, -0.05) is 105 Å². The van der Waals surface area contributed by atoms with Gasteiger partial charge in [0.25, 0.3) is 0 Å². The molecule has 10 nitrogen and oxygen atoms in total. The Morgan fingerprint density at radius 3 is 2.24 bits per heavy atom. The molecule has 420 valence electrons. The first-order valence-electron chi connectivity index (χ1n) is 27.8. The maximum absolute atomic E-state index is 15.1. The molecule has 0 spiro atoms. The predicted molar refractivity (Wildman–Crippen MR) is 316 cm³/mol. The van der Waals surface area contributed by atoms with Crippen LogP contribution in [-0.4, -0.2) is 92.4 Å². The largest absolute Gasteiger partial charge is 0.478 e. The first kappa shape index (κ1) is 59.2. The Balaban J connectivity index is 1.00. The number of hydrogen-bond donors (Lipinski definition) is 2. The molecule has 1 aliphatic carbocycles. The van der Waals surface area contributed by atoms with Crippen LogP contribution in [0, 0.1) is 30.6 Å². The van der Waals surface area contributed by atoms with E-state index in [0.717, 1.165) is 95.6 Å². The first-order chi connectivity index (χ1) is 37.7. The molecule has 2 N–H and O–H groups in total. The van der Waals surface area contributed by atoms with Crippen molar-refractivity contribution < 1.29 is 41.8 Å². The van der Waals surface area contributed by atoms with E-state index in [1.165, 1.54) is 11.6 Å². The van der Waals surface area contributed by atoms with Crippen LogP contribution in [0.1, 0.15) is 105 Å². The summed E-state index contributed by atoms with van der Waals surface area (Å²) in [5.41, 5.74) is 9.43. The third kappa shape index (κ3) is 14.7. The number of benzene rings is 5. The van der Waals surface area contributed by atoms with E-state index in [0.29, 0.717) is 47.7 Å². The summed E-state index contributed by atoms with van der Waals surface area (Å²) in [7, 11) is -0.00482. The Morgan fingerprint density at radius 1 is 0.848 bits per heavy atom. The highest BCUT2D eigenvalue weighted by atomic mass is 32.2. The van der Waals surface area contributed by atoms with Gasteiger partial charge in [-0.25, -0.2) is 4.79 Å². The maximum Gasteiger partial charge on any atom is 0.450 e. The van der Waals surface area contributed by atoms with Crippen LogP contribution in [0.2, 0.25) is 0 Å². The molecule has 0 radical (unpaired) electrons. The monoisotopic (exact) mass is 1120 g/mol. The lowest BCUT2D eigenvalue weighted by Crippen LogP contribution is -2.30. The summed E-state index contributed by atoms with van der Waals surface area (Å²) in [4.78, 5) is 44.7. The summed E-state index contributed by atoms with van der Waals surface area (Å²) in [6.07, 6.45) is -0.412. The van der Waals surface area contributed by atoms with Crippen LogP contribution in [0.3, 0.4) is 0 Å². The number of allylic oxidation sites excluding steroid dienone is 2. The van der Waals surface area contributed by atoms with Crippen LogP contribution in [0.5, 0.6) is 0 Å². The molecule has 2 heterocycles. The molecule has 2 fully saturated rings. The van der Waals surface area contributed by atoms with Gasteiger partial charge in [0.1, 0.15) is 0 Å². The van der Waals surface area contributed by atoms with Crippen molar-refractivity contribution in [3.8, 4) is 0 Å². The smallest absolute Gasteiger partial charge is 0.450 e. The molecule has 0 amide bonds. The average Bonchev–Trinajstić information content (AvgIpc) is 3.93. The van der Waals surface area contributed by atoms with Gasteiger partial charge >= 0.3 is 19.7 Å². The van der Waals surface area contributed by atoms with E-state index in [-0.39, 0.29) is 41.7 Å². The fraction of sp³-hybridized carbons (Fsp3) is 0.422. The zero-order valence-electron chi connectivity index (χ0n) is 46.7. The number of rotatable bonds is 22. The van der Waals surface area contributed by atoms with Crippen LogP contribution in [0.25, 0.3) is 11.1 Å². The number of hydrogen-bond acceptors (Lipinski definition) is 9. The lowest BCUT2D eigenvalue weighted by atomic mass is 9.72. The minimum atomic E-state index is -5.20. The molecule has 5 atom stereocenters. The molecular weight excluding hydrogens is 1040 g/mol. The van der Waals surface area contributed by atoms with Gasteiger partial charge in [0.2, 0.25) is 5.78 Å². The highest BCUT2D eigenvalue weighted by molar-refractivity contribution is 7.99. The highest BCUT2D eigenvalue weighted by Crippen LogP contribution is 2.56. The molecule has 2 saturated heterocycles. The fourth-order valence-electron chi connectivity index (χ4n) is 11.4. The second kappa shape index (κ2) is 26.1. The SMILES string of the molecule is CC1=C(C(=O)O)C(c2cccc(CC3CCN(c4ccc(N5CCO[P@]5(=O)c5ccc(N[C@H](CCN(C)C)CSc6ccccc6)c(C(=O)CC(=O)C(F)(F)F)c5)cc4)CCC3C)c2)=C(c2ccc(C)cc2)[C@@H](CCC(C)C)C1. The van der Waals surface area contributed by atoms with E-state index in [9.17, 15) is 32.7 Å². The normalized spacial score (nSPS) is 20.5. The van der Waals surface area contributed by atoms with Crippen molar-refractivity contribution in [1.29, 1.82) is 0 Å². The number of carbonyl (C=O) groups excluding carboxylic acids is 2. The molecule has 0 saturated carbocycles. The van der Waals surface area contributed by atoms with E-state index >= 15 is 4.57 Å². The van der Waals surface area contributed by atoms with Crippen LogP contribution in [0.4, 0.5) is 30.2 Å². The Labute approximate surface area is 469 Å². The molecule has 5 aromatic rings. The second-order valence-corrected chi connectivity index (χ2v) is 25.9. The number of aliphatic carboxylic acids is 1. The first-order valence-corrected chi connectivity index (χ1v) is 30.3.